The van der Waals surface area contributed by atoms with Crippen molar-refractivity contribution in [1.82, 2.24) is 29.2 Å². The lowest BCUT2D eigenvalue weighted by Crippen LogP contribution is -2.55. The molecule has 3 aromatic rings. The lowest BCUT2D eigenvalue weighted by molar-refractivity contribution is 0.0995. The Morgan fingerprint density at radius 1 is 1.11 bits per heavy atom. The summed E-state index contributed by atoms with van der Waals surface area (Å²) in [6.07, 6.45) is 10.4. The van der Waals surface area contributed by atoms with E-state index in [2.05, 4.69) is 24.8 Å². The molecule has 5 rings (SSSR count). The van der Waals surface area contributed by atoms with E-state index < -0.39 is 5.91 Å². The van der Waals surface area contributed by atoms with Crippen molar-refractivity contribution in [3.05, 3.63) is 36.5 Å². The summed E-state index contributed by atoms with van der Waals surface area (Å²) >= 11 is 0. The predicted octanol–water partition coefficient (Wildman–Crippen LogP) is 0.960. The summed E-state index contributed by atoms with van der Waals surface area (Å²) in [7, 11) is 0. The van der Waals surface area contributed by atoms with Crippen LogP contribution in [0.2, 0.25) is 0 Å². The molecule has 1 unspecified atom stereocenters. The van der Waals surface area contributed by atoms with Crippen molar-refractivity contribution in [3.63, 3.8) is 0 Å². The predicted molar refractivity (Wildman–Crippen MR) is 104 cm³/mol. The van der Waals surface area contributed by atoms with E-state index in [1.165, 1.54) is 32.0 Å². The number of carbonyl (C=O) groups excluding carboxylic acids is 1. The maximum atomic E-state index is 11.5. The molecule has 144 valence electrons. The molecule has 1 amide bonds. The lowest BCUT2D eigenvalue weighted by Gasteiger charge is -2.44. The van der Waals surface area contributed by atoms with Crippen LogP contribution in [0, 0.1) is 0 Å². The Hall–Kier alpha value is -3.07. The molecule has 0 aliphatic carbocycles. The number of carbonyl (C=O) groups is 1. The molecule has 0 bridgehead atoms. The lowest BCUT2D eigenvalue weighted by atomic mass is 9.99. The highest BCUT2D eigenvalue weighted by Crippen LogP contribution is 2.25. The van der Waals surface area contributed by atoms with Crippen LogP contribution in [0.5, 0.6) is 0 Å². The number of aromatic nitrogens is 5. The summed E-state index contributed by atoms with van der Waals surface area (Å²) in [5.74, 6) is 0.911. The van der Waals surface area contributed by atoms with Crippen molar-refractivity contribution in [3.8, 4) is 11.5 Å². The van der Waals surface area contributed by atoms with Gasteiger partial charge in [-0.15, -0.1) is 0 Å². The Labute approximate surface area is 162 Å². The van der Waals surface area contributed by atoms with Crippen molar-refractivity contribution in [2.75, 3.05) is 31.1 Å². The minimum Gasteiger partial charge on any atom is -0.364 e. The number of imidazole rings is 1. The van der Waals surface area contributed by atoms with Gasteiger partial charge >= 0.3 is 0 Å². The second-order valence-corrected chi connectivity index (χ2v) is 7.38. The highest BCUT2D eigenvalue weighted by Gasteiger charge is 2.29. The molecule has 9 nitrogen and oxygen atoms in total. The molecule has 0 radical (unpaired) electrons. The van der Waals surface area contributed by atoms with Crippen LogP contribution in [-0.4, -0.2) is 67.4 Å². The number of fused-ring (bicyclic) bond motifs is 2. The van der Waals surface area contributed by atoms with Gasteiger partial charge in [-0.25, -0.2) is 19.9 Å². The minimum atomic E-state index is -0.582. The van der Waals surface area contributed by atoms with Gasteiger partial charge in [0.1, 0.15) is 17.2 Å². The van der Waals surface area contributed by atoms with E-state index in [0.717, 1.165) is 25.5 Å². The SMILES string of the molecule is NC(=O)c1cn2c(-c3nccc(N4CCN5CCCCC5C4)n3)cnc2cn1. The molecular formula is C19H22N8O. The third kappa shape index (κ3) is 2.97. The average molecular weight is 378 g/mol. The number of piperazine rings is 1. The number of hydrogen-bond donors (Lipinski definition) is 1. The number of amides is 1. The van der Waals surface area contributed by atoms with Crippen LogP contribution in [0.25, 0.3) is 17.2 Å². The molecule has 0 aromatic carbocycles. The van der Waals surface area contributed by atoms with E-state index in [-0.39, 0.29) is 5.69 Å². The zero-order valence-electron chi connectivity index (χ0n) is 15.5. The zero-order valence-corrected chi connectivity index (χ0v) is 15.5. The quantitative estimate of drug-likeness (QED) is 0.723. The second-order valence-electron chi connectivity index (χ2n) is 7.38. The monoisotopic (exact) mass is 378 g/mol. The molecule has 2 saturated heterocycles. The van der Waals surface area contributed by atoms with E-state index >= 15 is 0 Å². The first-order valence-electron chi connectivity index (χ1n) is 9.64. The topological polar surface area (TPSA) is 106 Å². The summed E-state index contributed by atoms with van der Waals surface area (Å²) < 4.78 is 1.76. The summed E-state index contributed by atoms with van der Waals surface area (Å²) in [6.45, 7) is 4.26. The Morgan fingerprint density at radius 3 is 2.93 bits per heavy atom. The van der Waals surface area contributed by atoms with Gasteiger partial charge in [-0.3, -0.25) is 14.1 Å². The van der Waals surface area contributed by atoms with Crippen LogP contribution >= 0.6 is 0 Å². The van der Waals surface area contributed by atoms with Crippen LogP contribution in [0.1, 0.15) is 29.8 Å². The van der Waals surface area contributed by atoms with Gasteiger partial charge in [0.25, 0.3) is 5.91 Å². The Kier molecular flexibility index (Phi) is 4.16. The summed E-state index contributed by atoms with van der Waals surface area (Å²) in [6, 6.07) is 2.57. The van der Waals surface area contributed by atoms with Crippen molar-refractivity contribution >= 4 is 17.4 Å². The van der Waals surface area contributed by atoms with E-state index in [9.17, 15) is 4.79 Å². The Balaban J connectivity index is 1.47. The number of nitrogens with zero attached hydrogens (tertiary/aromatic N) is 7. The van der Waals surface area contributed by atoms with Crippen molar-refractivity contribution in [1.29, 1.82) is 0 Å². The van der Waals surface area contributed by atoms with Crippen LogP contribution in [0.4, 0.5) is 5.82 Å². The van der Waals surface area contributed by atoms with E-state index in [0.29, 0.717) is 23.2 Å². The number of rotatable bonds is 3. The highest BCUT2D eigenvalue weighted by molar-refractivity contribution is 5.90. The number of hydrogen-bond acceptors (Lipinski definition) is 7. The normalized spacial score (nSPS) is 20.3. The van der Waals surface area contributed by atoms with Gasteiger partial charge in [0.15, 0.2) is 11.5 Å². The maximum absolute atomic E-state index is 11.5. The fraction of sp³-hybridized carbons (Fsp3) is 0.421. The smallest absolute Gasteiger partial charge is 0.268 e. The molecule has 0 spiro atoms. The average Bonchev–Trinajstić information content (AvgIpc) is 3.17. The molecule has 2 aliphatic rings. The molecule has 2 fully saturated rings. The molecular weight excluding hydrogens is 356 g/mol. The van der Waals surface area contributed by atoms with Crippen molar-refractivity contribution in [2.24, 2.45) is 5.73 Å². The summed E-state index contributed by atoms with van der Waals surface area (Å²) in [5.41, 5.74) is 6.86. The van der Waals surface area contributed by atoms with Crippen LogP contribution in [-0.2, 0) is 0 Å². The van der Waals surface area contributed by atoms with Crippen molar-refractivity contribution in [2.45, 2.75) is 25.3 Å². The molecule has 1 atom stereocenters. The number of piperidine rings is 1. The molecule has 3 aromatic heterocycles. The number of nitrogens with two attached hydrogens (primary N) is 1. The first-order chi connectivity index (χ1) is 13.7. The van der Waals surface area contributed by atoms with Gasteiger partial charge in [-0.05, 0) is 25.5 Å². The number of primary amides is 1. The maximum Gasteiger partial charge on any atom is 0.268 e. The summed E-state index contributed by atoms with van der Waals surface area (Å²) in [4.78, 5) is 34.0. The van der Waals surface area contributed by atoms with Gasteiger partial charge in [0.05, 0.1) is 12.4 Å². The van der Waals surface area contributed by atoms with E-state index in [1.807, 2.05) is 6.07 Å². The van der Waals surface area contributed by atoms with Crippen molar-refractivity contribution < 1.29 is 4.79 Å². The third-order valence-corrected chi connectivity index (χ3v) is 5.68. The molecule has 5 heterocycles. The standard InChI is InChI=1S/C19H22N8O/c20-18(28)14-12-27-15(9-23-17(27)10-22-14)19-21-5-4-16(24-19)26-8-7-25-6-2-1-3-13(25)11-26/h4-5,9-10,12-13H,1-3,6-8,11H2,(H2,20,28). The number of anilines is 1. The Morgan fingerprint density at radius 2 is 2.04 bits per heavy atom. The molecule has 2 aliphatic heterocycles. The molecule has 2 N–H and O–H groups in total. The van der Waals surface area contributed by atoms with Gasteiger partial charge in [0, 0.05) is 38.1 Å². The highest BCUT2D eigenvalue weighted by atomic mass is 16.1. The molecule has 0 saturated carbocycles. The van der Waals surface area contributed by atoms with Crippen LogP contribution < -0.4 is 10.6 Å². The second kappa shape index (κ2) is 6.83. The molecule has 9 heteroatoms. The van der Waals surface area contributed by atoms with Crippen LogP contribution in [0.3, 0.4) is 0 Å². The fourth-order valence-corrected chi connectivity index (χ4v) is 4.19. The largest absolute Gasteiger partial charge is 0.364 e. The van der Waals surface area contributed by atoms with Gasteiger partial charge < -0.3 is 10.6 Å². The Bertz CT molecular complexity index is 1030. The first-order valence-corrected chi connectivity index (χ1v) is 9.64. The zero-order chi connectivity index (χ0) is 19.1. The van der Waals surface area contributed by atoms with Crippen LogP contribution in [0.15, 0.2) is 30.9 Å². The van der Waals surface area contributed by atoms with E-state index in [4.69, 9.17) is 10.7 Å². The van der Waals surface area contributed by atoms with Gasteiger partial charge in [0.2, 0.25) is 0 Å². The third-order valence-electron chi connectivity index (χ3n) is 5.68. The first kappa shape index (κ1) is 17.1. The molecule has 28 heavy (non-hydrogen) atoms. The fourth-order valence-electron chi connectivity index (χ4n) is 4.19. The van der Waals surface area contributed by atoms with Gasteiger partial charge in [-0.2, -0.15) is 0 Å². The minimum absolute atomic E-state index is 0.177. The van der Waals surface area contributed by atoms with E-state index in [1.54, 1.807) is 23.0 Å². The summed E-state index contributed by atoms with van der Waals surface area (Å²) in [5, 5.41) is 0. The van der Waals surface area contributed by atoms with Gasteiger partial charge in [-0.1, -0.05) is 6.42 Å².